The Morgan fingerprint density at radius 2 is 2.18 bits per heavy atom. The largest absolute Gasteiger partial charge is 0.287 e. The zero-order valence-corrected chi connectivity index (χ0v) is 13.2. The van der Waals surface area contributed by atoms with Crippen LogP contribution in [-0.4, -0.2) is 36.0 Å². The Balaban J connectivity index is 1.97. The van der Waals surface area contributed by atoms with Crippen LogP contribution in [0.3, 0.4) is 0 Å². The topological polar surface area (TPSA) is 110 Å². The van der Waals surface area contributed by atoms with Gasteiger partial charge in [0.1, 0.15) is 5.25 Å². The molecule has 0 aliphatic carbocycles. The number of anilines is 1. The number of nitrogens with zero attached hydrogens (tertiary/aromatic N) is 3. The van der Waals surface area contributed by atoms with Crippen molar-refractivity contribution in [2.45, 2.75) is 11.7 Å². The third-order valence-electron chi connectivity index (χ3n) is 3.29. The quantitative estimate of drug-likeness (QED) is 0.469. The maximum absolute atomic E-state index is 11.9. The van der Waals surface area contributed by atoms with Gasteiger partial charge in [0.05, 0.1) is 15.1 Å². The van der Waals surface area contributed by atoms with Crippen LogP contribution in [-0.2, 0) is 13.8 Å². The number of halogens is 1. The highest BCUT2D eigenvalue weighted by molar-refractivity contribution is 8.14. The maximum Gasteiger partial charge on any atom is 0.271 e. The van der Waals surface area contributed by atoms with Crippen LogP contribution in [0.2, 0.25) is 0 Å². The van der Waals surface area contributed by atoms with Crippen LogP contribution in [0.25, 0.3) is 10.2 Å². The normalized spacial score (nSPS) is 19.0. The van der Waals surface area contributed by atoms with Gasteiger partial charge < -0.3 is 0 Å². The highest BCUT2D eigenvalue weighted by Gasteiger charge is 2.39. The van der Waals surface area contributed by atoms with E-state index in [0.717, 1.165) is 11.3 Å². The molecular formula is C11H8ClN3O5S2. The third-order valence-corrected chi connectivity index (χ3v) is 6.22. The van der Waals surface area contributed by atoms with Crippen LogP contribution < -0.4 is 4.90 Å². The number of nitro benzene ring substituents is 1. The molecule has 1 aliphatic heterocycles. The van der Waals surface area contributed by atoms with E-state index in [9.17, 15) is 23.3 Å². The number of non-ortho nitro benzene ring substituents is 1. The molecule has 1 aromatic carbocycles. The van der Waals surface area contributed by atoms with Crippen LogP contribution in [0.15, 0.2) is 18.2 Å². The molecule has 1 aromatic heterocycles. The lowest BCUT2D eigenvalue weighted by Crippen LogP contribution is -2.26. The number of carbonyl (C=O) groups excluding carboxylic acids is 1. The van der Waals surface area contributed by atoms with Gasteiger partial charge in [-0.25, -0.2) is 13.4 Å². The van der Waals surface area contributed by atoms with Crippen molar-refractivity contribution in [1.29, 1.82) is 0 Å². The summed E-state index contributed by atoms with van der Waals surface area (Å²) in [6, 6.07) is 4.21. The van der Waals surface area contributed by atoms with Gasteiger partial charge >= 0.3 is 0 Å². The van der Waals surface area contributed by atoms with E-state index in [-0.39, 0.29) is 24.6 Å². The minimum atomic E-state index is -3.83. The fourth-order valence-corrected chi connectivity index (χ4v) is 4.18. The van der Waals surface area contributed by atoms with Gasteiger partial charge in [0.25, 0.3) is 5.69 Å². The number of hydrogen-bond acceptors (Lipinski definition) is 7. The van der Waals surface area contributed by atoms with Crippen molar-refractivity contribution in [1.82, 2.24) is 4.98 Å². The average molecular weight is 362 g/mol. The molecule has 3 rings (SSSR count). The lowest BCUT2D eigenvalue weighted by molar-refractivity contribution is -0.384. The Morgan fingerprint density at radius 3 is 2.77 bits per heavy atom. The summed E-state index contributed by atoms with van der Waals surface area (Å²) in [7, 11) is 1.47. The van der Waals surface area contributed by atoms with Crippen LogP contribution in [0, 0.1) is 10.1 Å². The molecule has 0 radical (unpaired) electrons. The monoisotopic (exact) mass is 361 g/mol. The fraction of sp³-hybridized carbons (Fsp3) is 0.273. The summed E-state index contributed by atoms with van der Waals surface area (Å²) in [5.41, 5.74) is 0.289. The molecule has 0 spiro atoms. The first-order valence-electron chi connectivity index (χ1n) is 6.04. The molecule has 1 fully saturated rings. The number of hydrogen-bond donors (Lipinski definition) is 0. The zero-order chi connectivity index (χ0) is 16.1. The summed E-state index contributed by atoms with van der Waals surface area (Å²) in [4.78, 5) is 27.6. The van der Waals surface area contributed by atoms with Crippen molar-refractivity contribution in [2.75, 3.05) is 11.4 Å². The molecular weight excluding hydrogens is 354 g/mol. The molecule has 1 unspecified atom stereocenters. The molecule has 2 aromatic rings. The van der Waals surface area contributed by atoms with Crippen LogP contribution in [0.5, 0.6) is 0 Å². The Morgan fingerprint density at radius 1 is 1.45 bits per heavy atom. The Bertz CT molecular complexity index is 894. The van der Waals surface area contributed by atoms with Gasteiger partial charge in [-0.15, -0.1) is 0 Å². The van der Waals surface area contributed by atoms with Crippen LogP contribution >= 0.6 is 22.0 Å². The van der Waals surface area contributed by atoms with Crippen LogP contribution in [0.4, 0.5) is 10.8 Å². The van der Waals surface area contributed by atoms with E-state index in [1.807, 2.05) is 0 Å². The van der Waals surface area contributed by atoms with Crippen molar-refractivity contribution in [3.8, 4) is 0 Å². The van der Waals surface area contributed by atoms with E-state index in [2.05, 4.69) is 4.98 Å². The highest BCUT2D eigenvalue weighted by atomic mass is 35.7. The SMILES string of the molecule is O=C1CC(S(=O)(=O)Cl)CN1c1nc2cc([N+](=O)[O-])ccc2s1. The van der Waals surface area contributed by atoms with Gasteiger partial charge in [-0.2, -0.15) is 0 Å². The summed E-state index contributed by atoms with van der Waals surface area (Å²) >= 11 is 1.16. The second-order valence-electron chi connectivity index (χ2n) is 4.71. The predicted octanol–water partition coefficient (Wildman–Crippen LogP) is 1.88. The molecule has 22 heavy (non-hydrogen) atoms. The summed E-state index contributed by atoms with van der Waals surface area (Å²) < 4.78 is 23.4. The number of rotatable bonds is 3. The molecule has 0 bridgehead atoms. The Labute approximate surface area is 132 Å². The molecule has 1 amide bonds. The minimum absolute atomic E-state index is 0.0629. The second kappa shape index (κ2) is 5.14. The number of amides is 1. The van der Waals surface area contributed by atoms with Gasteiger partial charge in [0.15, 0.2) is 5.13 Å². The van der Waals surface area contributed by atoms with Gasteiger partial charge in [-0.3, -0.25) is 19.8 Å². The summed E-state index contributed by atoms with van der Waals surface area (Å²) in [6.45, 7) is -0.0629. The lowest BCUT2D eigenvalue weighted by atomic mass is 10.3. The number of fused-ring (bicyclic) bond motifs is 1. The number of carbonyl (C=O) groups is 1. The molecule has 0 N–H and O–H groups in total. The van der Waals surface area contributed by atoms with Gasteiger partial charge in [0.2, 0.25) is 15.0 Å². The van der Waals surface area contributed by atoms with Crippen LogP contribution in [0.1, 0.15) is 6.42 Å². The first kappa shape index (κ1) is 15.1. The van der Waals surface area contributed by atoms with E-state index in [0.29, 0.717) is 15.3 Å². The predicted molar refractivity (Wildman–Crippen MR) is 81.8 cm³/mol. The van der Waals surface area contributed by atoms with Crippen molar-refractivity contribution >= 4 is 58.0 Å². The molecule has 8 nitrogen and oxygen atoms in total. The molecule has 116 valence electrons. The van der Waals surface area contributed by atoms with E-state index in [1.165, 1.54) is 17.0 Å². The molecule has 11 heteroatoms. The third kappa shape index (κ3) is 2.64. The first-order chi connectivity index (χ1) is 10.3. The van der Waals surface area contributed by atoms with Crippen molar-refractivity contribution in [3.05, 3.63) is 28.3 Å². The first-order valence-corrected chi connectivity index (χ1v) is 9.23. The summed E-state index contributed by atoms with van der Waals surface area (Å²) in [5.74, 6) is -0.386. The molecule has 1 saturated heterocycles. The maximum atomic E-state index is 11.9. The van der Waals surface area contributed by atoms with E-state index < -0.39 is 19.2 Å². The highest BCUT2D eigenvalue weighted by Crippen LogP contribution is 2.34. The number of thiazole rings is 1. The Kier molecular flexibility index (Phi) is 3.54. The number of aromatic nitrogens is 1. The van der Waals surface area contributed by atoms with E-state index in [1.54, 1.807) is 6.07 Å². The molecule has 2 heterocycles. The van der Waals surface area contributed by atoms with Crippen molar-refractivity contribution in [3.63, 3.8) is 0 Å². The molecule has 1 atom stereocenters. The molecule has 0 saturated carbocycles. The second-order valence-corrected chi connectivity index (χ2v) is 8.63. The number of benzene rings is 1. The van der Waals surface area contributed by atoms with Gasteiger partial charge in [-0.05, 0) is 6.07 Å². The van der Waals surface area contributed by atoms with Gasteiger partial charge in [0, 0.05) is 35.8 Å². The summed E-state index contributed by atoms with van der Waals surface area (Å²) in [6.07, 6.45) is -0.193. The van der Waals surface area contributed by atoms with E-state index >= 15 is 0 Å². The van der Waals surface area contributed by atoms with Gasteiger partial charge in [-0.1, -0.05) is 11.3 Å². The van der Waals surface area contributed by atoms with E-state index in [4.69, 9.17) is 10.7 Å². The summed E-state index contributed by atoms with van der Waals surface area (Å²) in [5, 5.41) is 10.1. The van der Waals surface area contributed by atoms with Crippen molar-refractivity contribution in [2.24, 2.45) is 0 Å². The smallest absolute Gasteiger partial charge is 0.271 e. The lowest BCUT2D eigenvalue weighted by Gasteiger charge is -2.11. The molecule has 1 aliphatic rings. The average Bonchev–Trinajstić information content (AvgIpc) is 2.99. The number of nitro groups is 1. The fourth-order valence-electron chi connectivity index (χ4n) is 2.18. The zero-order valence-electron chi connectivity index (χ0n) is 10.8. The minimum Gasteiger partial charge on any atom is -0.287 e. The van der Waals surface area contributed by atoms with Crippen molar-refractivity contribution < 1.29 is 18.1 Å². The Hall–Kier alpha value is -1.78. The standard InChI is InChI=1S/C11H8ClN3O5S2/c12-22(19,20)7-4-10(16)14(5-7)11-13-8-3-6(15(17)18)1-2-9(8)21-11/h1-3,7H,4-5H2.